The van der Waals surface area contributed by atoms with Crippen LogP contribution in [0.25, 0.3) is 16.8 Å². The van der Waals surface area contributed by atoms with Crippen molar-refractivity contribution in [2.24, 2.45) is 4.99 Å². The van der Waals surface area contributed by atoms with Crippen LogP contribution in [0.4, 0.5) is 0 Å². The Morgan fingerprint density at radius 1 is 1.16 bits per heavy atom. The molecule has 0 bridgehead atoms. The van der Waals surface area contributed by atoms with Crippen molar-refractivity contribution in [3.05, 3.63) is 46.9 Å². The Labute approximate surface area is 151 Å². The first kappa shape index (κ1) is 16.2. The minimum absolute atomic E-state index is 0.0587. The third-order valence-electron chi connectivity index (χ3n) is 4.64. The van der Waals surface area contributed by atoms with Crippen LogP contribution < -0.4 is 10.1 Å². The number of nitrogens with one attached hydrogen (secondary N) is 1. The number of benzene rings is 2. The van der Waals surface area contributed by atoms with Crippen LogP contribution in [0.3, 0.4) is 0 Å². The van der Waals surface area contributed by atoms with Crippen LogP contribution in [-0.2, 0) is 4.79 Å². The number of carbonyl (C=O) groups is 1. The van der Waals surface area contributed by atoms with Gasteiger partial charge in [-0.25, -0.2) is 0 Å². The molecule has 2 aromatic carbocycles. The van der Waals surface area contributed by atoms with Gasteiger partial charge in [-0.3, -0.25) is 9.79 Å². The van der Waals surface area contributed by atoms with Crippen molar-refractivity contribution in [2.75, 3.05) is 7.11 Å². The molecule has 4 rings (SSSR count). The summed E-state index contributed by atoms with van der Waals surface area (Å²) < 4.78 is 5.26. The van der Waals surface area contributed by atoms with E-state index < -0.39 is 0 Å². The molecule has 2 fully saturated rings. The molecule has 1 aliphatic carbocycles. The van der Waals surface area contributed by atoms with Gasteiger partial charge in [-0.15, -0.1) is 0 Å². The molecular formula is C20H20N2O2S. The number of amides is 1. The number of ether oxygens (including phenoxy) is 1. The monoisotopic (exact) mass is 352 g/mol. The molecule has 128 valence electrons. The van der Waals surface area contributed by atoms with Gasteiger partial charge in [0.1, 0.15) is 5.75 Å². The second kappa shape index (κ2) is 6.92. The predicted octanol–water partition coefficient (Wildman–Crippen LogP) is 4.35. The molecule has 2 aliphatic rings. The Morgan fingerprint density at radius 2 is 1.92 bits per heavy atom. The molecule has 25 heavy (non-hydrogen) atoms. The first-order valence-corrected chi connectivity index (χ1v) is 9.39. The van der Waals surface area contributed by atoms with Crippen molar-refractivity contribution in [1.82, 2.24) is 5.32 Å². The lowest BCUT2D eigenvalue weighted by molar-refractivity contribution is -0.115. The fourth-order valence-electron chi connectivity index (χ4n) is 3.30. The number of nitrogens with zero attached hydrogens (tertiary/aromatic N) is 1. The van der Waals surface area contributed by atoms with Crippen LogP contribution in [-0.4, -0.2) is 24.2 Å². The van der Waals surface area contributed by atoms with Gasteiger partial charge in [0.2, 0.25) is 0 Å². The molecule has 1 N–H and O–H groups in total. The molecule has 0 unspecified atom stereocenters. The number of aliphatic imine (C=N–C) groups is 1. The van der Waals surface area contributed by atoms with Gasteiger partial charge < -0.3 is 10.1 Å². The summed E-state index contributed by atoms with van der Waals surface area (Å²) in [5, 5.41) is 5.88. The van der Waals surface area contributed by atoms with Gasteiger partial charge >= 0.3 is 0 Å². The van der Waals surface area contributed by atoms with E-state index >= 15 is 0 Å². The summed E-state index contributed by atoms with van der Waals surface area (Å²) in [7, 11) is 1.67. The minimum atomic E-state index is -0.0587. The van der Waals surface area contributed by atoms with Crippen LogP contribution in [0.2, 0.25) is 0 Å². The van der Waals surface area contributed by atoms with E-state index in [9.17, 15) is 4.79 Å². The molecule has 4 nitrogen and oxygen atoms in total. The van der Waals surface area contributed by atoms with Gasteiger partial charge in [-0.2, -0.15) is 0 Å². The zero-order valence-electron chi connectivity index (χ0n) is 14.1. The van der Waals surface area contributed by atoms with Crippen molar-refractivity contribution in [3.8, 4) is 5.75 Å². The summed E-state index contributed by atoms with van der Waals surface area (Å²) in [5.74, 6) is 0.786. The molecule has 0 spiro atoms. The number of amidine groups is 1. The molecule has 1 aliphatic heterocycles. The Bertz CT molecular complexity index is 882. The Kier molecular flexibility index (Phi) is 4.49. The lowest BCUT2D eigenvalue weighted by atomic mass is 10.1. The maximum atomic E-state index is 12.2. The highest BCUT2D eigenvalue weighted by Crippen LogP contribution is 2.30. The fourth-order valence-corrected chi connectivity index (χ4v) is 4.19. The van der Waals surface area contributed by atoms with Crippen LogP contribution in [0.1, 0.15) is 31.2 Å². The number of carbonyl (C=O) groups excluding carboxylic acids is 1. The standard InChI is InChI=1S/C20H20N2O2S/c1-24-17-9-8-14-10-13(6-7-15(14)12-17)11-18-19(23)22-20(25-18)21-16-4-2-3-5-16/h6-12,16H,2-5H2,1H3,(H,21,22,23)/b18-11-. The maximum absolute atomic E-state index is 12.2. The van der Waals surface area contributed by atoms with E-state index in [4.69, 9.17) is 4.74 Å². The average molecular weight is 352 g/mol. The highest BCUT2D eigenvalue weighted by Gasteiger charge is 2.25. The van der Waals surface area contributed by atoms with Gasteiger partial charge in [-0.05, 0) is 65.2 Å². The Balaban J connectivity index is 1.57. The van der Waals surface area contributed by atoms with Crippen molar-refractivity contribution in [1.29, 1.82) is 0 Å². The van der Waals surface area contributed by atoms with Crippen LogP contribution in [0.5, 0.6) is 5.75 Å². The molecule has 1 amide bonds. The van der Waals surface area contributed by atoms with E-state index in [1.807, 2.05) is 30.3 Å². The van der Waals surface area contributed by atoms with Crippen molar-refractivity contribution in [3.63, 3.8) is 0 Å². The van der Waals surface area contributed by atoms with Crippen LogP contribution in [0, 0.1) is 0 Å². The summed E-state index contributed by atoms with van der Waals surface area (Å²) in [4.78, 5) is 17.6. The molecule has 0 aromatic heterocycles. The number of thioether (sulfide) groups is 1. The lowest BCUT2D eigenvalue weighted by Gasteiger charge is -2.04. The number of hydrogen-bond donors (Lipinski definition) is 1. The van der Waals surface area contributed by atoms with E-state index in [1.165, 1.54) is 24.6 Å². The summed E-state index contributed by atoms with van der Waals surface area (Å²) in [5.41, 5.74) is 1.01. The molecule has 1 saturated carbocycles. The first-order chi connectivity index (χ1) is 12.2. The van der Waals surface area contributed by atoms with Gasteiger partial charge in [0.05, 0.1) is 18.1 Å². The van der Waals surface area contributed by atoms with Crippen molar-refractivity contribution < 1.29 is 9.53 Å². The number of rotatable bonds is 3. The van der Waals surface area contributed by atoms with E-state index in [0.29, 0.717) is 10.9 Å². The second-order valence-electron chi connectivity index (χ2n) is 6.41. The minimum Gasteiger partial charge on any atom is -0.497 e. The van der Waals surface area contributed by atoms with E-state index in [0.717, 1.165) is 40.1 Å². The third-order valence-corrected chi connectivity index (χ3v) is 5.57. The van der Waals surface area contributed by atoms with Gasteiger partial charge in [0.25, 0.3) is 5.91 Å². The molecule has 2 aromatic rings. The number of methoxy groups -OCH3 is 1. The Hall–Kier alpha value is -2.27. The largest absolute Gasteiger partial charge is 0.497 e. The average Bonchev–Trinajstić information content (AvgIpc) is 3.25. The molecular weight excluding hydrogens is 332 g/mol. The molecule has 0 atom stereocenters. The summed E-state index contributed by atoms with van der Waals surface area (Å²) in [6, 6.07) is 12.5. The zero-order chi connectivity index (χ0) is 17.2. The van der Waals surface area contributed by atoms with Gasteiger partial charge in [-0.1, -0.05) is 31.0 Å². The summed E-state index contributed by atoms with van der Waals surface area (Å²) in [6.07, 6.45) is 6.68. The third kappa shape index (κ3) is 3.56. The van der Waals surface area contributed by atoms with Crippen LogP contribution in [0.15, 0.2) is 46.3 Å². The smallest absolute Gasteiger partial charge is 0.264 e. The number of fused-ring (bicyclic) bond motifs is 1. The van der Waals surface area contributed by atoms with Crippen molar-refractivity contribution in [2.45, 2.75) is 31.7 Å². The highest BCUT2D eigenvalue weighted by molar-refractivity contribution is 8.18. The molecule has 1 saturated heterocycles. The van der Waals surface area contributed by atoms with E-state index in [2.05, 4.69) is 22.4 Å². The molecule has 0 radical (unpaired) electrons. The Morgan fingerprint density at radius 3 is 2.72 bits per heavy atom. The van der Waals surface area contributed by atoms with Gasteiger partial charge in [0.15, 0.2) is 5.17 Å². The normalized spacial score (nSPS) is 21.4. The predicted molar refractivity (Wildman–Crippen MR) is 104 cm³/mol. The lowest BCUT2D eigenvalue weighted by Crippen LogP contribution is -2.21. The quantitative estimate of drug-likeness (QED) is 0.836. The number of hydrogen-bond acceptors (Lipinski definition) is 4. The molecule has 5 heteroatoms. The van der Waals surface area contributed by atoms with Crippen molar-refractivity contribution >= 4 is 39.7 Å². The summed E-state index contributed by atoms with van der Waals surface area (Å²) in [6.45, 7) is 0. The summed E-state index contributed by atoms with van der Waals surface area (Å²) >= 11 is 1.44. The molecule has 1 heterocycles. The van der Waals surface area contributed by atoms with E-state index in [-0.39, 0.29) is 5.91 Å². The van der Waals surface area contributed by atoms with Gasteiger partial charge in [0, 0.05) is 0 Å². The fraction of sp³-hybridized carbons (Fsp3) is 0.300. The topological polar surface area (TPSA) is 50.7 Å². The SMILES string of the molecule is COc1ccc2cc(/C=C3\SC(=NC4CCCC4)NC3=O)ccc2c1. The zero-order valence-corrected chi connectivity index (χ0v) is 14.9. The van der Waals surface area contributed by atoms with Crippen LogP contribution >= 0.6 is 11.8 Å². The first-order valence-electron chi connectivity index (χ1n) is 8.58. The maximum Gasteiger partial charge on any atom is 0.264 e. The second-order valence-corrected chi connectivity index (χ2v) is 7.44. The highest BCUT2D eigenvalue weighted by atomic mass is 32.2. The van der Waals surface area contributed by atoms with E-state index in [1.54, 1.807) is 7.11 Å².